The Balaban J connectivity index is 2.69. The van der Waals surface area contributed by atoms with E-state index in [1.807, 2.05) is 52.8 Å². The van der Waals surface area contributed by atoms with Crippen molar-refractivity contribution in [3.63, 3.8) is 0 Å². The minimum atomic E-state index is -0.442. The first-order valence-electron chi connectivity index (χ1n) is 5.94. The van der Waals surface area contributed by atoms with Crippen molar-refractivity contribution in [3.8, 4) is 0 Å². The molecule has 1 rings (SSSR count). The zero-order chi connectivity index (χ0) is 13.9. The first-order chi connectivity index (χ1) is 8.19. The average molecular weight is 267 g/mol. The van der Waals surface area contributed by atoms with Crippen LogP contribution < -0.4 is 5.73 Å². The van der Waals surface area contributed by atoms with Crippen LogP contribution in [-0.4, -0.2) is 16.8 Å². The van der Waals surface area contributed by atoms with Crippen molar-refractivity contribution in [1.82, 2.24) is 0 Å². The fourth-order valence-corrected chi connectivity index (χ4v) is 2.34. The summed E-state index contributed by atoms with van der Waals surface area (Å²) >= 11 is 1.50. The molecule has 1 unspecified atom stereocenters. The van der Waals surface area contributed by atoms with Gasteiger partial charge in [0.25, 0.3) is 0 Å². The minimum absolute atomic E-state index is 0.191. The molecule has 3 nitrogen and oxygen atoms in total. The number of hydrogen-bond donors (Lipinski definition) is 1. The molecule has 0 radical (unpaired) electrons. The van der Waals surface area contributed by atoms with Gasteiger partial charge in [-0.3, -0.25) is 4.79 Å². The number of anilines is 1. The fourth-order valence-electron chi connectivity index (χ4n) is 1.43. The van der Waals surface area contributed by atoms with Gasteiger partial charge in [-0.1, -0.05) is 0 Å². The summed E-state index contributed by atoms with van der Waals surface area (Å²) < 4.78 is 5.35. The zero-order valence-electron chi connectivity index (χ0n) is 11.6. The number of carbonyl (C=O) groups is 1. The molecule has 4 heteroatoms. The molecule has 100 valence electrons. The molecule has 0 saturated heterocycles. The second-order valence-corrected chi connectivity index (χ2v) is 6.70. The summed E-state index contributed by atoms with van der Waals surface area (Å²) in [6.07, 6.45) is 0. The lowest BCUT2D eigenvalue weighted by molar-refractivity contribution is -0.153. The molecular weight excluding hydrogens is 246 g/mol. The van der Waals surface area contributed by atoms with Crippen LogP contribution in [0.15, 0.2) is 23.1 Å². The van der Waals surface area contributed by atoms with Gasteiger partial charge in [0.15, 0.2) is 0 Å². The van der Waals surface area contributed by atoms with Crippen LogP contribution in [0.1, 0.15) is 33.3 Å². The number of benzene rings is 1. The van der Waals surface area contributed by atoms with E-state index in [4.69, 9.17) is 10.5 Å². The molecule has 18 heavy (non-hydrogen) atoms. The molecule has 0 heterocycles. The van der Waals surface area contributed by atoms with Crippen LogP contribution in [0.25, 0.3) is 0 Å². The Hall–Kier alpha value is -1.16. The highest BCUT2D eigenvalue weighted by Crippen LogP contribution is 2.29. The molecule has 1 aromatic carbocycles. The summed E-state index contributed by atoms with van der Waals surface area (Å²) in [6.45, 7) is 9.46. The molecule has 0 amide bonds. The molecule has 0 aliphatic carbocycles. The number of carbonyl (C=O) groups excluding carboxylic acids is 1. The highest BCUT2D eigenvalue weighted by atomic mass is 32.2. The first-order valence-corrected chi connectivity index (χ1v) is 6.82. The van der Waals surface area contributed by atoms with E-state index in [-0.39, 0.29) is 11.2 Å². The van der Waals surface area contributed by atoms with E-state index in [0.717, 1.165) is 16.1 Å². The number of ether oxygens (including phenoxy) is 1. The summed E-state index contributed by atoms with van der Waals surface area (Å²) in [7, 11) is 0. The van der Waals surface area contributed by atoms with Crippen molar-refractivity contribution in [2.75, 3.05) is 5.73 Å². The van der Waals surface area contributed by atoms with E-state index in [9.17, 15) is 4.79 Å². The zero-order valence-corrected chi connectivity index (χ0v) is 12.4. The number of rotatable bonds is 3. The third kappa shape index (κ3) is 4.61. The number of esters is 1. The summed E-state index contributed by atoms with van der Waals surface area (Å²) in [5.74, 6) is -0.191. The van der Waals surface area contributed by atoms with Gasteiger partial charge in [-0.15, -0.1) is 11.8 Å². The first kappa shape index (κ1) is 14.9. The topological polar surface area (TPSA) is 52.3 Å². The summed E-state index contributed by atoms with van der Waals surface area (Å²) in [5, 5.41) is -0.230. The summed E-state index contributed by atoms with van der Waals surface area (Å²) in [5.41, 5.74) is 7.07. The maximum absolute atomic E-state index is 11.9. The lowest BCUT2D eigenvalue weighted by Crippen LogP contribution is -2.28. The highest BCUT2D eigenvalue weighted by molar-refractivity contribution is 8.00. The third-order valence-corrected chi connectivity index (χ3v) is 3.50. The van der Waals surface area contributed by atoms with Gasteiger partial charge < -0.3 is 10.5 Å². The predicted octanol–water partition coefficient (Wildman–Crippen LogP) is 3.40. The molecule has 0 fully saturated rings. The Bertz CT molecular complexity index is 438. The van der Waals surface area contributed by atoms with Crippen molar-refractivity contribution >= 4 is 23.4 Å². The monoisotopic (exact) mass is 267 g/mol. The molecule has 0 aliphatic heterocycles. The Labute approximate surface area is 113 Å². The second-order valence-electron chi connectivity index (χ2n) is 5.32. The van der Waals surface area contributed by atoms with Gasteiger partial charge in [0, 0.05) is 10.6 Å². The quantitative estimate of drug-likeness (QED) is 0.518. The van der Waals surface area contributed by atoms with Crippen molar-refractivity contribution in [3.05, 3.63) is 23.8 Å². The number of nitrogen functional groups attached to an aromatic ring is 1. The van der Waals surface area contributed by atoms with Gasteiger partial charge in [0.05, 0.1) is 0 Å². The van der Waals surface area contributed by atoms with E-state index in [1.54, 1.807) is 0 Å². The molecular formula is C14H21NO2S. The Morgan fingerprint density at radius 3 is 2.50 bits per heavy atom. The lowest BCUT2D eigenvalue weighted by Gasteiger charge is -2.22. The normalized spacial score (nSPS) is 13.2. The van der Waals surface area contributed by atoms with Crippen LogP contribution in [-0.2, 0) is 9.53 Å². The summed E-state index contributed by atoms with van der Waals surface area (Å²) in [6, 6.07) is 5.69. The van der Waals surface area contributed by atoms with Crippen LogP contribution in [0.3, 0.4) is 0 Å². The Morgan fingerprint density at radius 2 is 2.00 bits per heavy atom. The van der Waals surface area contributed by atoms with Gasteiger partial charge in [0.2, 0.25) is 0 Å². The van der Waals surface area contributed by atoms with E-state index in [2.05, 4.69) is 0 Å². The fraction of sp³-hybridized carbons (Fsp3) is 0.500. The van der Waals surface area contributed by atoms with Crippen LogP contribution in [0.2, 0.25) is 0 Å². The maximum Gasteiger partial charge on any atom is 0.319 e. The van der Waals surface area contributed by atoms with Gasteiger partial charge >= 0.3 is 5.97 Å². The number of thioether (sulfide) groups is 1. The van der Waals surface area contributed by atoms with Gasteiger partial charge in [-0.05, 0) is 58.4 Å². The Kier molecular flexibility index (Phi) is 4.68. The number of hydrogen-bond acceptors (Lipinski definition) is 4. The molecule has 0 spiro atoms. The maximum atomic E-state index is 11.9. The van der Waals surface area contributed by atoms with Gasteiger partial charge in [0.1, 0.15) is 10.9 Å². The molecule has 2 N–H and O–H groups in total. The molecule has 1 aromatic rings. The van der Waals surface area contributed by atoms with Crippen LogP contribution >= 0.6 is 11.8 Å². The van der Waals surface area contributed by atoms with Crippen molar-refractivity contribution in [2.24, 2.45) is 0 Å². The molecule has 1 atom stereocenters. The van der Waals surface area contributed by atoms with Crippen LogP contribution in [0.5, 0.6) is 0 Å². The molecule has 0 aliphatic rings. The Morgan fingerprint density at radius 1 is 1.39 bits per heavy atom. The largest absolute Gasteiger partial charge is 0.459 e. The number of nitrogens with two attached hydrogens (primary N) is 1. The van der Waals surface area contributed by atoms with Crippen molar-refractivity contribution < 1.29 is 9.53 Å². The molecule has 0 bridgehead atoms. The summed E-state index contributed by atoms with van der Waals surface area (Å²) in [4.78, 5) is 12.9. The standard InChI is InChI=1S/C14H21NO2S/c1-9-8-11(15)6-7-12(9)18-10(2)13(16)17-14(3,4)5/h6-8,10H,15H2,1-5H3. The van der Waals surface area contributed by atoms with Gasteiger partial charge in [-0.2, -0.15) is 0 Å². The number of aryl methyl sites for hydroxylation is 1. The lowest BCUT2D eigenvalue weighted by atomic mass is 10.2. The van der Waals surface area contributed by atoms with E-state index in [0.29, 0.717) is 0 Å². The van der Waals surface area contributed by atoms with Gasteiger partial charge in [-0.25, -0.2) is 0 Å². The molecule has 0 saturated carbocycles. The highest BCUT2D eigenvalue weighted by Gasteiger charge is 2.22. The second kappa shape index (κ2) is 5.65. The van der Waals surface area contributed by atoms with Crippen molar-refractivity contribution in [2.45, 2.75) is 50.4 Å². The van der Waals surface area contributed by atoms with Crippen LogP contribution in [0.4, 0.5) is 5.69 Å². The third-order valence-electron chi connectivity index (χ3n) is 2.24. The SMILES string of the molecule is Cc1cc(N)ccc1SC(C)C(=O)OC(C)(C)C. The van der Waals surface area contributed by atoms with E-state index >= 15 is 0 Å². The van der Waals surface area contributed by atoms with E-state index < -0.39 is 5.60 Å². The van der Waals surface area contributed by atoms with Crippen LogP contribution in [0, 0.1) is 6.92 Å². The van der Waals surface area contributed by atoms with Crippen molar-refractivity contribution in [1.29, 1.82) is 0 Å². The predicted molar refractivity (Wildman–Crippen MR) is 76.8 cm³/mol. The average Bonchev–Trinajstić information content (AvgIpc) is 2.19. The van der Waals surface area contributed by atoms with E-state index in [1.165, 1.54) is 11.8 Å². The molecule has 0 aromatic heterocycles. The minimum Gasteiger partial charge on any atom is -0.459 e. The smallest absolute Gasteiger partial charge is 0.319 e.